The summed E-state index contributed by atoms with van der Waals surface area (Å²) in [6.07, 6.45) is 61.8. The number of carbonyl (C=O) groups is 4. The molecule has 0 aromatic heterocycles. The van der Waals surface area contributed by atoms with Crippen molar-refractivity contribution in [2.24, 2.45) is 11.8 Å². The Hall–Kier alpha value is -2.46. The molecule has 0 spiro atoms. The van der Waals surface area contributed by atoms with E-state index in [9.17, 15) is 43.2 Å². The number of hydrogen-bond acceptors (Lipinski definition) is 15. The first-order valence-corrected chi connectivity index (χ1v) is 43.3. The maximum Gasteiger partial charge on any atom is 0.472 e. The minimum Gasteiger partial charge on any atom is -0.462 e. The van der Waals surface area contributed by atoms with Crippen molar-refractivity contribution >= 4 is 39.5 Å². The number of aliphatic hydroxyl groups is 1. The molecule has 98 heavy (non-hydrogen) atoms. The van der Waals surface area contributed by atoms with Crippen LogP contribution in [0.5, 0.6) is 0 Å². The number of esters is 4. The summed E-state index contributed by atoms with van der Waals surface area (Å²) in [7, 11) is -9.93. The number of phosphoric ester groups is 2. The van der Waals surface area contributed by atoms with Crippen molar-refractivity contribution in [2.75, 3.05) is 39.6 Å². The Kier molecular flexibility index (Phi) is 68.5. The largest absolute Gasteiger partial charge is 0.472 e. The van der Waals surface area contributed by atoms with E-state index < -0.39 is 97.5 Å². The van der Waals surface area contributed by atoms with Crippen LogP contribution in [0.2, 0.25) is 0 Å². The highest BCUT2D eigenvalue weighted by Crippen LogP contribution is 2.45. The summed E-state index contributed by atoms with van der Waals surface area (Å²) in [5.74, 6) is -0.634. The Morgan fingerprint density at radius 3 is 0.837 bits per heavy atom. The maximum absolute atomic E-state index is 13.1. The van der Waals surface area contributed by atoms with E-state index in [1.807, 2.05) is 0 Å². The molecule has 3 N–H and O–H groups in total. The molecule has 2 unspecified atom stereocenters. The average Bonchev–Trinajstić information content (AvgIpc) is 1.08. The lowest BCUT2D eigenvalue weighted by Crippen LogP contribution is -2.30. The van der Waals surface area contributed by atoms with Gasteiger partial charge in [-0.15, -0.1) is 0 Å². The van der Waals surface area contributed by atoms with Crippen LogP contribution >= 0.6 is 15.6 Å². The Morgan fingerprint density at radius 1 is 0.316 bits per heavy atom. The highest BCUT2D eigenvalue weighted by Gasteiger charge is 2.30. The van der Waals surface area contributed by atoms with Crippen molar-refractivity contribution in [3.63, 3.8) is 0 Å². The van der Waals surface area contributed by atoms with Crippen molar-refractivity contribution < 1.29 is 80.2 Å². The van der Waals surface area contributed by atoms with Gasteiger partial charge in [-0.1, -0.05) is 336 Å². The van der Waals surface area contributed by atoms with Crippen molar-refractivity contribution in [1.29, 1.82) is 0 Å². The number of unbranched alkanes of at least 4 members (excludes halogenated alkanes) is 43. The van der Waals surface area contributed by atoms with Crippen LogP contribution in [0.25, 0.3) is 0 Å². The number of phosphoric acid groups is 2. The number of ether oxygens (including phenoxy) is 4. The Labute approximate surface area is 599 Å². The van der Waals surface area contributed by atoms with E-state index >= 15 is 0 Å². The summed E-state index contributed by atoms with van der Waals surface area (Å²) in [4.78, 5) is 72.9. The summed E-state index contributed by atoms with van der Waals surface area (Å²) >= 11 is 0. The topological polar surface area (TPSA) is 237 Å². The van der Waals surface area contributed by atoms with Gasteiger partial charge < -0.3 is 33.8 Å². The minimum absolute atomic E-state index is 0.101. The van der Waals surface area contributed by atoms with Crippen LogP contribution in [-0.4, -0.2) is 96.7 Å². The first kappa shape index (κ1) is 95.5. The molecule has 0 aliphatic carbocycles. The van der Waals surface area contributed by atoms with Crippen LogP contribution in [0, 0.1) is 11.8 Å². The monoisotopic (exact) mass is 1430 g/mol. The minimum atomic E-state index is -4.97. The fourth-order valence-electron chi connectivity index (χ4n) is 11.6. The van der Waals surface area contributed by atoms with Gasteiger partial charge in [0, 0.05) is 25.7 Å². The molecule has 0 aliphatic heterocycles. The van der Waals surface area contributed by atoms with Crippen LogP contribution in [0.1, 0.15) is 388 Å². The second-order valence-electron chi connectivity index (χ2n) is 28.7. The third-order valence-corrected chi connectivity index (χ3v) is 19.7. The SMILES string of the molecule is CCCCCC/C=C\C=C/CCCCCCCC(=O)OC[C@H](COP(=O)(O)OC[C@@H](O)COP(=O)(O)OC[C@@H](COC(=O)CCCCCCCCCCCCC(C)C)OC(=O)CCCCCCCCCCCCC(C)C)OC(=O)CCCCCCCCCCCCCCCCCCC. The predicted molar refractivity (Wildman–Crippen MR) is 400 cm³/mol. The Bertz CT molecular complexity index is 1980. The maximum atomic E-state index is 13.1. The average molecular weight is 1430 g/mol. The summed E-state index contributed by atoms with van der Waals surface area (Å²) in [6, 6.07) is 0. The van der Waals surface area contributed by atoms with Gasteiger partial charge in [0.1, 0.15) is 19.3 Å². The number of hydrogen-bond donors (Lipinski definition) is 3. The molecule has 0 aromatic rings. The summed E-state index contributed by atoms with van der Waals surface area (Å²) in [6.45, 7) is 9.54. The fourth-order valence-corrected chi connectivity index (χ4v) is 13.2. The third-order valence-electron chi connectivity index (χ3n) is 17.8. The molecule has 17 nitrogen and oxygen atoms in total. The normalized spacial score (nSPS) is 14.1. The lowest BCUT2D eigenvalue weighted by atomic mass is 10.0. The van der Waals surface area contributed by atoms with Gasteiger partial charge in [0.15, 0.2) is 12.2 Å². The van der Waals surface area contributed by atoms with Gasteiger partial charge in [-0.05, 0) is 63.2 Å². The molecule has 0 fully saturated rings. The van der Waals surface area contributed by atoms with Gasteiger partial charge >= 0.3 is 39.5 Å². The molecule has 0 saturated carbocycles. The Balaban J connectivity index is 5.30. The van der Waals surface area contributed by atoms with Crippen LogP contribution in [0.15, 0.2) is 24.3 Å². The van der Waals surface area contributed by atoms with E-state index in [0.29, 0.717) is 25.7 Å². The molecule has 0 radical (unpaired) electrons. The standard InChI is InChI=1S/C79H150O17P2/c1-7-9-11-13-15-17-19-21-23-24-26-28-30-39-45-51-57-63-78(83)95-74(67-89-76(81)61-55-49-43-37-29-27-25-22-20-18-16-14-12-10-8-2)69-93-97(85,86)91-65-73(80)66-92-98(87,88)94-70-75(96-79(84)64-58-52-46-40-34-32-36-42-48-54-60-72(5)6)68-90-77(82)62-56-50-44-38-33-31-35-41-47-53-59-71(3)4/h18,20,22,25,71-75,80H,7-17,19,21,23-24,26-70H2,1-6H3,(H,85,86)(H,87,88)/b20-18-,25-22-/t73-,74-,75-/m1/s1. The number of rotatable bonds is 76. The van der Waals surface area contributed by atoms with Gasteiger partial charge in [-0.25, -0.2) is 9.13 Å². The van der Waals surface area contributed by atoms with E-state index in [0.717, 1.165) is 121 Å². The Morgan fingerprint density at radius 2 is 0.551 bits per heavy atom. The van der Waals surface area contributed by atoms with Crippen molar-refractivity contribution in [1.82, 2.24) is 0 Å². The van der Waals surface area contributed by atoms with E-state index in [2.05, 4.69) is 65.8 Å². The smallest absolute Gasteiger partial charge is 0.462 e. The van der Waals surface area contributed by atoms with Gasteiger partial charge in [0.25, 0.3) is 0 Å². The van der Waals surface area contributed by atoms with Crippen LogP contribution in [0.4, 0.5) is 0 Å². The second kappa shape index (κ2) is 70.2. The molecule has 0 heterocycles. The fraction of sp³-hybridized carbons (Fsp3) is 0.899. The molecule has 0 bridgehead atoms. The summed E-state index contributed by atoms with van der Waals surface area (Å²) in [5, 5.41) is 10.6. The third kappa shape index (κ3) is 71.9. The summed E-state index contributed by atoms with van der Waals surface area (Å²) < 4.78 is 68.6. The quantitative estimate of drug-likeness (QED) is 0.0169. The van der Waals surface area contributed by atoms with E-state index in [-0.39, 0.29) is 25.7 Å². The van der Waals surface area contributed by atoms with Gasteiger partial charge in [-0.3, -0.25) is 37.3 Å². The first-order valence-electron chi connectivity index (χ1n) is 40.3. The van der Waals surface area contributed by atoms with E-state index in [1.54, 1.807) is 0 Å². The van der Waals surface area contributed by atoms with E-state index in [1.165, 1.54) is 186 Å². The van der Waals surface area contributed by atoms with Gasteiger partial charge in [-0.2, -0.15) is 0 Å². The lowest BCUT2D eigenvalue weighted by molar-refractivity contribution is -0.161. The van der Waals surface area contributed by atoms with Crippen LogP contribution in [-0.2, 0) is 65.4 Å². The zero-order valence-electron chi connectivity index (χ0n) is 63.6. The van der Waals surface area contributed by atoms with Crippen LogP contribution < -0.4 is 0 Å². The lowest BCUT2D eigenvalue weighted by Gasteiger charge is -2.21. The molecular formula is C79H150O17P2. The van der Waals surface area contributed by atoms with Crippen molar-refractivity contribution in [3.8, 4) is 0 Å². The highest BCUT2D eigenvalue weighted by molar-refractivity contribution is 7.47. The van der Waals surface area contributed by atoms with Gasteiger partial charge in [0.2, 0.25) is 0 Å². The molecule has 0 aromatic carbocycles. The first-order chi connectivity index (χ1) is 47.4. The number of aliphatic hydroxyl groups excluding tert-OH is 1. The predicted octanol–water partition coefficient (Wildman–Crippen LogP) is 23.1. The zero-order chi connectivity index (χ0) is 72.1. The molecule has 0 aliphatic rings. The van der Waals surface area contributed by atoms with E-state index in [4.69, 9.17) is 37.0 Å². The molecule has 19 heteroatoms. The van der Waals surface area contributed by atoms with Crippen molar-refractivity contribution in [2.45, 2.75) is 407 Å². The molecular weight excluding hydrogens is 1280 g/mol. The summed E-state index contributed by atoms with van der Waals surface area (Å²) in [5.41, 5.74) is 0. The zero-order valence-corrected chi connectivity index (χ0v) is 65.4. The molecule has 0 amide bonds. The second-order valence-corrected chi connectivity index (χ2v) is 31.6. The molecule has 5 atom stereocenters. The van der Waals surface area contributed by atoms with Crippen LogP contribution in [0.3, 0.4) is 0 Å². The highest BCUT2D eigenvalue weighted by atomic mass is 31.2. The number of allylic oxidation sites excluding steroid dienone is 4. The van der Waals surface area contributed by atoms with Crippen molar-refractivity contribution in [3.05, 3.63) is 24.3 Å². The van der Waals surface area contributed by atoms with Gasteiger partial charge in [0.05, 0.1) is 26.4 Å². The molecule has 0 saturated heterocycles. The number of carbonyl (C=O) groups excluding carboxylic acids is 4. The molecule has 578 valence electrons. The molecule has 0 rings (SSSR count).